The SMILES string of the molecule is CN(Cc1noc(C2CC2)n1)C(=O)Nc1ccc(SCc2ccco2)cc1. The number of nitrogens with zero attached hydrogens (tertiary/aromatic N) is 3. The highest BCUT2D eigenvalue weighted by atomic mass is 32.2. The summed E-state index contributed by atoms with van der Waals surface area (Å²) in [7, 11) is 1.70. The molecule has 2 amide bonds. The van der Waals surface area contributed by atoms with E-state index < -0.39 is 0 Å². The van der Waals surface area contributed by atoms with E-state index in [1.165, 1.54) is 4.90 Å². The van der Waals surface area contributed by atoms with Gasteiger partial charge in [-0.05, 0) is 49.2 Å². The van der Waals surface area contributed by atoms with Gasteiger partial charge in [0.05, 0.1) is 18.6 Å². The van der Waals surface area contributed by atoms with Crippen LogP contribution in [0.1, 0.15) is 36.2 Å². The maximum Gasteiger partial charge on any atom is 0.321 e. The molecule has 2 heterocycles. The molecule has 2 aromatic heterocycles. The van der Waals surface area contributed by atoms with E-state index in [0.29, 0.717) is 24.2 Å². The van der Waals surface area contributed by atoms with Crippen LogP contribution in [0, 0.1) is 0 Å². The summed E-state index contributed by atoms with van der Waals surface area (Å²) in [6.45, 7) is 0.305. The average Bonchev–Trinajstić information content (AvgIpc) is 3.19. The van der Waals surface area contributed by atoms with Crippen molar-refractivity contribution in [3.05, 3.63) is 60.1 Å². The fraction of sp³-hybridized carbons (Fsp3) is 0.316. The molecular formula is C19H20N4O3S. The second-order valence-corrected chi connectivity index (χ2v) is 7.55. The number of hydrogen-bond acceptors (Lipinski definition) is 6. The summed E-state index contributed by atoms with van der Waals surface area (Å²) in [5.74, 6) is 3.33. The lowest BCUT2D eigenvalue weighted by Crippen LogP contribution is -2.31. The van der Waals surface area contributed by atoms with Gasteiger partial charge in [0.1, 0.15) is 5.76 Å². The molecule has 27 heavy (non-hydrogen) atoms. The Hall–Kier alpha value is -2.74. The molecule has 1 saturated carbocycles. The van der Waals surface area contributed by atoms with Crippen molar-refractivity contribution in [2.24, 2.45) is 0 Å². The number of furan rings is 1. The third-order valence-corrected chi connectivity index (χ3v) is 5.24. The Balaban J connectivity index is 1.27. The normalized spacial score (nSPS) is 13.5. The maximum atomic E-state index is 12.3. The van der Waals surface area contributed by atoms with Gasteiger partial charge in [-0.2, -0.15) is 4.98 Å². The molecule has 0 unspecified atom stereocenters. The average molecular weight is 384 g/mol. The van der Waals surface area contributed by atoms with Crippen molar-refractivity contribution < 1.29 is 13.7 Å². The zero-order valence-corrected chi connectivity index (χ0v) is 15.7. The summed E-state index contributed by atoms with van der Waals surface area (Å²) in [4.78, 5) is 19.3. The van der Waals surface area contributed by atoms with Gasteiger partial charge in [0.15, 0.2) is 5.82 Å². The van der Waals surface area contributed by atoms with E-state index in [2.05, 4.69) is 15.5 Å². The molecule has 7 nitrogen and oxygen atoms in total. The van der Waals surface area contributed by atoms with Crippen LogP contribution in [0.2, 0.25) is 0 Å². The molecule has 3 aromatic rings. The highest BCUT2D eigenvalue weighted by Crippen LogP contribution is 2.38. The third-order valence-electron chi connectivity index (χ3n) is 4.20. The van der Waals surface area contributed by atoms with Gasteiger partial charge in [-0.3, -0.25) is 0 Å². The van der Waals surface area contributed by atoms with Crippen molar-refractivity contribution in [3.8, 4) is 0 Å². The maximum absolute atomic E-state index is 12.3. The molecule has 1 aliphatic rings. The third kappa shape index (κ3) is 4.71. The Morgan fingerprint density at radius 2 is 2.11 bits per heavy atom. The van der Waals surface area contributed by atoms with Gasteiger partial charge in [-0.1, -0.05) is 5.16 Å². The Morgan fingerprint density at radius 3 is 2.81 bits per heavy atom. The number of benzene rings is 1. The first-order valence-electron chi connectivity index (χ1n) is 8.77. The van der Waals surface area contributed by atoms with E-state index >= 15 is 0 Å². The number of carbonyl (C=O) groups is 1. The molecule has 8 heteroatoms. The zero-order chi connectivity index (χ0) is 18.6. The minimum absolute atomic E-state index is 0.219. The second-order valence-electron chi connectivity index (χ2n) is 6.50. The van der Waals surface area contributed by atoms with Gasteiger partial charge in [-0.25, -0.2) is 4.79 Å². The summed E-state index contributed by atoms with van der Waals surface area (Å²) in [6, 6.07) is 11.3. The van der Waals surface area contributed by atoms with Crippen LogP contribution in [-0.4, -0.2) is 28.1 Å². The molecular weight excluding hydrogens is 364 g/mol. The lowest BCUT2D eigenvalue weighted by atomic mass is 10.3. The van der Waals surface area contributed by atoms with Crippen LogP contribution in [0.25, 0.3) is 0 Å². The molecule has 1 aliphatic carbocycles. The van der Waals surface area contributed by atoms with Crippen molar-refractivity contribution in [1.29, 1.82) is 0 Å². The highest BCUT2D eigenvalue weighted by molar-refractivity contribution is 7.98. The second kappa shape index (κ2) is 7.87. The van der Waals surface area contributed by atoms with E-state index in [0.717, 1.165) is 34.9 Å². The lowest BCUT2D eigenvalue weighted by molar-refractivity contribution is 0.219. The molecule has 1 N–H and O–H groups in total. The molecule has 1 aromatic carbocycles. The highest BCUT2D eigenvalue weighted by Gasteiger charge is 2.29. The number of anilines is 1. The summed E-state index contributed by atoms with van der Waals surface area (Å²) >= 11 is 1.68. The number of nitrogens with one attached hydrogen (secondary N) is 1. The van der Waals surface area contributed by atoms with Crippen LogP contribution in [0.5, 0.6) is 0 Å². The summed E-state index contributed by atoms with van der Waals surface area (Å²) < 4.78 is 10.5. The fourth-order valence-corrected chi connectivity index (χ4v) is 3.32. The predicted molar refractivity (Wildman–Crippen MR) is 101 cm³/mol. The molecule has 0 radical (unpaired) electrons. The summed E-state index contributed by atoms with van der Waals surface area (Å²) in [6.07, 6.45) is 3.88. The summed E-state index contributed by atoms with van der Waals surface area (Å²) in [5.41, 5.74) is 0.737. The first kappa shape index (κ1) is 17.7. The Labute approximate surface area is 161 Å². The number of carbonyl (C=O) groups excluding carboxylic acids is 1. The molecule has 0 bridgehead atoms. The molecule has 140 valence electrons. The van der Waals surface area contributed by atoms with Gasteiger partial charge in [-0.15, -0.1) is 11.8 Å². The predicted octanol–water partition coefficient (Wildman–Crippen LogP) is 4.50. The first-order valence-corrected chi connectivity index (χ1v) is 9.76. The number of hydrogen-bond donors (Lipinski definition) is 1. The van der Waals surface area contributed by atoms with Crippen molar-refractivity contribution in [2.75, 3.05) is 12.4 Å². The first-order chi connectivity index (χ1) is 13.2. The topological polar surface area (TPSA) is 84.4 Å². The minimum Gasteiger partial charge on any atom is -0.468 e. The van der Waals surface area contributed by atoms with Crippen molar-refractivity contribution in [2.45, 2.75) is 36.0 Å². The van der Waals surface area contributed by atoms with Gasteiger partial charge in [0.2, 0.25) is 5.89 Å². The molecule has 0 atom stereocenters. The number of rotatable bonds is 7. The van der Waals surface area contributed by atoms with Crippen molar-refractivity contribution in [3.63, 3.8) is 0 Å². The Morgan fingerprint density at radius 1 is 1.30 bits per heavy atom. The van der Waals surface area contributed by atoms with Crippen LogP contribution in [0.3, 0.4) is 0 Å². The Kier molecular flexibility index (Phi) is 5.15. The fourth-order valence-electron chi connectivity index (χ4n) is 2.51. The van der Waals surface area contributed by atoms with Crippen LogP contribution in [-0.2, 0) is 12.3 Å². The van der Waals surface area contributed by atoms with Crippen LogP contribution in [0.4, 0.5) is 10.5 Å². The molecule has 4 rings (SSSR count). The van der Waals surface area contributed by atoms with Crippen LogP contribution < -0.4 is 5.32 Å². The number of aromatic nitrogens is 2. The van der Waals surface area contributed by atoms with Gasteiger partial charge >= 0.3 is 6.03 Å². The number of amides is 2. The monoisotopic (exact) mass is 384 g/mol. The van der Waals surface area contributed by atoms with E-state index in [9.17, 15) is 4.79 Å². The molecule has 0 spiro atoms. The van der Waals surface area contributed by atoms with Gasteiger partial charge < -0.3 is 19.2 Å². The Bertz CT molecular complexity index is 888. The van der Waals surface area contributed by atoms with E-state index in [1.54, 1.807) is 25.1 Å². The van der Waals surface area contributed by atoms with Crippen molar-refractivity contribution >= 4 is 23.5 Å². The number of urea groups is 1. The molecule has 0 saturated heterocycles. The largest absolute Gasteiger partial charge is 0.468 e. The van der Waals surface area contributed by atoms with Crippen LogP contribution in [0.15, 0.2) is 56.5 Å². The molecule has 1 fully saturated rings. The van der Waals surface area contributed by atoms with E-state index in [-0.39, 0.29) is 6.03 Å². The van der Waals surface area contributed by atoms with Gasteiger partial charge in [0.25, 0.3) is 0 Å². The minimum atomic E-state index is -0.219. The standard InChI is InChI=1S/C19H20N4O3S/c1-23(11-17-21-18(26-22-17)13-4-5-13)19(24)20-14-6-8-16(9-7-14)27-12-15-3-2-10-25-15/h2-3,6-10,13H,4-5,11-12H2,1H3,(H,20,24). The zero-order valence-electron chi connectivity index (χ0n) is 14.9. The van der Waals surface area contributed by atoms with E-state index in [4.69, 9.17) is 8.94 Å². The van der Waals surface area contributed by atoms with E-state index in [1.807, 2.05) is 36.4 Å². The van der Waals surface area contributed by atoms with Crippen molar-refractivity contribution in [1.82, 2.24) is 15.0 Å². The van der Waals surface area contributed by atoms with Gasteiger partial charge in [0, 0.05) is 23.5 Å². The van der Waals surface area contributed by atoms with Crippen LogP contribution >= 0.6 is 11.8 Å². The number of thioether (sulfide) groups is 1. The smallest absolute Gasteiger partial charge is 0.321 e. The quantitative estimate of drug-likeness (QED) is 0.604. The lowest BCUT2D eigenvalue weighted by Gasteiger charge is -2.16. The summed E-state index contributed by atoms with van der Waals surface area (Å²) in [5, 5.41) is 6.82. The molecule has 0 aliphatic heterocycles.